The first-order valence-corrected chi connectivity index (χ1v) is 6.49. The molecule has 0 saturated carbocycles. The molecule has 0 aromatic heterocycles. The van der Waals surface area contributed by atoms with E-state index in [1.54, 1.807) is 0 Å². The second-order valence-electron chi connectivity index (χ2n) is 4.53. The summed E-state index contributed by atoms with van der Waals surface area (Å²) in [4.78, 5) is 34.4. The van der Waals surface area contributed by atoms with Crippen molar-refractivity contribution in [3.8, 4) is 5.75 Å². The van der Waals surface area contributed by atoms with Crippen LogP contribution in [-0.4, -0.2) is 35.2 Å². The predicted octanol–water partition coefficient (Wildman–Crippen LogP) is 2.13. The molecule has 23 heavy (non-hydrogen) atoms. The third-order valence-corrected chi connectivity index (χ3v) is 3.08. The van der Waals surface area contributed by atoms with Crippen molar-refractivity contribution in [1.29, 1.82) is 0 Å². The van der Waals surface area contributed by atoms with Crippen LogP contribution in [-0.2, 0) is 4.74 Å². The maximum absolute atomic E-state index is 12.1. The van der Waals surface area contributed by atoms with Gasteiger partial charge in [-0.3, -0.25) is 4.79 Å². The molecule has 2 rings (SSSR count). The molecule has 0 bridgehead atoms. The van der Waals surface area contributed by atoms with E-state index in [2.05, 4.69) is 10.1 Å². The van der Waals surface area contributed by atoms with E-state index in [1.165, 1.54) is 49.6 Å². The highest BCUT2D eigenvalue weighted by Crippen LogP contribution is 2.27. The maximum Gasteiger partial charge on any atom is 0.339 e. The quantitative estimate of drug-likeness (QED) is 0.588. The van der Waals surface area contributed by atoms with Crippen molar-refractivity contribution in [2.24, 2.45) is 0 Å². The summed E-state index contributed by atoms with van der Waals surface area (Å²) < 4.78 is 4.56. The molecule has 1 amide bonds. The molecule has 0 saturated heterocycles. The number of carboxylic acids is 1. The summed E-state index contributed by atoms with van der Waals surface area (Å²) in [5.74, 6) is -2.91. The van der Waals surface area contributed by atoms with Gasteiger partial charge in [-0.15, -0.1) is 0 Å². The Hall–Kier alpha value is -3.35. The Balaban J connectivity index is 2.21. The molecule has 0 aliphatic rings. The third-order valence-electron chi connectivity index (χ3n) is 3.08. The maximum atomic E-state index is 12.1. The number of para-hydroxylation sites is 1. The molecular weight excluding hydrogens is 302 g/mol. The van der Waals surface area contributed by atoms with Gasteiger partial charge in [0.1, 0.15) is 5.56 Å². The smallest absolute Gasteiger partial charge is 0.339 e. The first-order chi connectivity index (χ1) is 10.9. The molecule has 0 unspecified atom stereocenters. The summed E-state index contributed by atoms with van der Waals surface area (Å²) in [6.07, 6.45) is 0. The van der Waals surface area contributed by atoms with Crippen LogP contribution in [0.15, 0.2) is 42.5 Å². The first kappa shape index (κ1) is 16.0. The van der Waals surface area contributed by atoms with Crippen molar-refractivity contribution in [3.63, 3.8) is 0 Å². The van der Waals surface area contributed by atoms with Crippen LogP contribution in [0, 0.1) is 0 Å². The van der Waals surface area contributed by atoms with Gasteiger partial charge in [-0.05, 0) is 36.4 Å². The van der Waals surface area contributed by atoms with Crippen LogP contribution in [0.4, 0.5) is 5.69 Å². The van der Waals surface area contributed by atoms with E-state index in [9.17, 15) is 19.5 Å². The van der Waals surface area contributed by atoms with Crippen LogP contribution in [0.2, 0.25) is 0 Å². The molecule has 0 spiro atoms. The summed E-state index contributed by atoms with van der Waals surface area (Å²) in [7, 11) is 1.25. The van der Waals surface area contributed by atoms with E-state index in [4.69, 9.17) is 5.11 Å². The van der Waals surface area contributed by atoms with E-state index >= 15 is 0 Å². The number of hydrogen-bond acceptors (Lipinski definition) is 5. The number of carboxylic acid groups (broad SMARTS) is 1. The van der Waals surface area contributed by atoms with Gasteiger partial charge < -0.3 is 20.3 Å². The zero-order valence-corrected chi connectivity index (χ0v) is 12.1. The SMILES string of the molecule is COC(=O)c1ccc(C(=O)Nc2cccc(C(=O)O)c2O)cc1. The number of esters is 1. The van der Waals surface area contributed by atoms with Gasteiger partial charge in [-0.1, -0.05) is 6.07 Å². The highest BCUT2D eigenvalue weighted by atomic mass is 16.5. The summed E-state index contributed by atoms with van der Waals surface area (Å²) >= 11 is 0. The van der Waals surface area contributed by atoms with E-state index < -0.39 is 23.6 Å². The van der Waals surface area contributed by atoms with Gasteiger partial charge in [0, 0.05) is 5.56 Å². The highest BCUT2D eigenvalue weighted by Gasteiger charge is 2.15. The average Bonchev–Trinajstić information content (AvgIpc) is 2.55. The minimum atomic E-state index is -1.30. The second-order valence-corrected chi connectivity index (χ2v) is 4.53. The van der Waals surface area contributed by atoms with Gasteiger partial charge >= 0.3 is 11.9 Å². The molecule has 0 fully saturated rings. The number of ether oxygens (including phenoxy) is 1. The number of carbonyl (C=O) groups excluding carboxylic acids is 2. The Morgan fingerprint density at radius 3 is 2.17 bits per heavy atom. The first-order valence-electron chi connectivity index (χ1n) is 6.49. The van der Waals surface area contributed by atoms with Crippen molar-refractivity contribution in [3.05, 3.63) is 59.2 Å². The van der Waals surface area contributed by atoms with E-state index in [0.717, 1.165) is 0 Å². The zero-order chi connectivity index (χ0) is 17.0. The number of amides is 1. The molecule has 2 aromatic rings. The fraction of sp³-hybridized carbons (Fsp3) is 0.0625. The molecule has 0 heterocycles. The van der Waals surface area contributed by atoms with E-state index in [0.29, 0.717) is 5.56 Å². The third kappa shape index (κ3) is 3.46. The van der Waals surface area contributed by atoms with Crippen LogP contribution >= 0.6 is 0 Å². The second kappa shape index (κ2) is 6.61. The lowest BCUT2D eigenvalue weighted by Gasteiger charge is -2.09. The topological polar surface area (TPSA) is 113 Å². The Morgan fingerprint density at radius 1 is 1.00 bits per heavy atom. The lowest BCUT2D eigenvalue weighted by molar-refractivity contribution is 0.0599. The number of phenols is 1. The number of aromatic carboxylic acids is 1. The highest BCUT2D eigenvalue weighted by molar-refractivity contribution is 6.06. The summed E-state index contributed by atoms with van der Waals surface area (Å²) in [6.45, 7) is 0. The molecule has 0 radical (unpaired) electrons. The monoisotopic (exact) mass is 315 g/mol. The van der Waals surface area contributed by atoms with Crippen molar-refractivity contribution in [2.75, 3.05) is 12.4 Å². The molecule has 2 aromatic carbocycles. The Labute approximate surface area is 131 Å². The van der Waals surface area contributed by atoms with Crippen LogP contribution in [0.25, 0.3) is 0 Å². The molecule has 0 aliphatic carbocycles. The number of nitrogens with one attached hydrogen (secondary N) is 1. The normalized spacial score (nSPS) is 9.96. The molecule has 0 atom stereocenters. The number of benzene rings is 2. The molecular formula is C16H13NO6. The largest absolute Gasteiger partial charge is 0.505 e. The number of anilines is 1. The molecule has 0 aliphatic heterocycles. The molecule has 7 heteroatoms. The number of aromatic hydroxyl groups is 1. The fourth-order valence-corrected chi connectivity index (χ4v) is 1.89. The minimum absolute atomic E-state index is 0.0213. The van der Waals surface area contributed by atoms with Gasteiger partial charge in [-0.25, -0.2) is 9.59 Å². The number of methoxy groups -OCH3 is 1. The van der Waals surface area contributed by atoms with Gasteiger partial charge in [0.15, 0.2) is 5.75 Å². The molecule has 118 valence electrons. The summed E-state index contributed by atoms with van der Waals surface area (Å²) in [5, 5.41) is 21.2. The van der Waals surface area contributed by atoms with Crippen molar-refractivity contribution in [1.82, 2.24) is 0 Å². The van der Waals surface area contributed by atoms with E-state index in [1.807, 2.05) is 0 Å². The van der Waals surface area contributed by atoms with Crippen LogP contribution < -0.4 is 5.32 Å². The number of hydrogen-bond donors (Lipinski definition) is 3. The van der Waals surface area contributed by atoms with Crippen LogP contribution in [0.5, 0.6) is 5.75 Å². The number of rotatable bonds is 4. The standard InChI is InChI=1S/C16H13NO6/c1-23-16(22)10-7-5-9(6-8-10)14(19)17-12-4-2-3-11(13(12)18)15(20)21/h2-8,18H,1H3,(H,17,19)(H,20,21). The van der Waals surface area contributed by atoms with Gasteiger partial charge in [0.2, 0.25) is 0 Å². The van der Waals surface area contributed by atoms with Crippen LogP contribution in [0.3, 0.4) is 0 Å². The molecule has 7 nitrogen and oxygen atoms in total. The predicted molar refractivity (Wildman–Crippen MR) is 80.8 cm³/mol. The summed E-state index contributed by atoms with van der Waals surface area (Å²) in [5.41, 5.74) is 0.188. The fourth-order valence-electron chi connectivity index (χ4n) is 1.89. The molecule has 3 N–H and O–H groups in total. The van der Waals surface area contributed by atoms with Gasteiger partial charge in [-0.2, -0.15) is 0 Å². The summed E-state index contributed by atoms with van der Waals surface area (Å²) in [6, 6.07) is 9.68. The minimum Gasteiger partial charge on any atom is -0.505 e. The number of carbonyl (C=O) groups is 3. The average molecular weight is 315 g/mol. The van der Waals surface area contributed by atoms with Crippen molar-refractivity contribution < 1.29 is 29.3 Å². The van der Waals surface area contributed by atoms with Crippen molar-refractivity contribution >= 4 is 23.5 Å². The van der Waals surface area contributed by atoms with Crippen LogP contribution in [0.1, 0.15) is 31.1 Å². The lowest BCUT2D eigenvalue weighted by Crippen LogP contribution is -2.13. The van der Waals surface area contributed by atoms with Gasteiger partial charge in [0.25, 0.3) is 5.91 Å². The Kier molecular flexibility index (Phi) is 4.61. The Morgan fingerprint density at radius 2 is 1.61 bits per heavy atom. The zero-order valence-electron chi connectivity index (χ0n) is 12.1. The lowest BCUT2D eigenvalue weighted by atomic mass is 10.1. The van der Waals surface area contributed by atoms with Gasteiger partial charge in [0.05, 0.1) is 18.4 Å². The van der Waals surface area contributed by atoms with E-state index in [-0.39, 0.29) is 16.8 Å². The Bertz CT molecular complexity index is 767. The van der Waals surface area contributed by atoms with Crippen molar-refractivity contribution in [2.45, 2.75) is 0 Å².